The molecule has 1 saturated heterocycles. The number of benzene rings is 3. The number of aromatic nitrogens is 7. The van der Waals surface area contributed by atoms with Crippen LogP contribution in [0.4, 0.5) is 11.5 Å². The molecule has 0 aliphatic carbocycles. The summed E-state index contributed by atoms with van der Waals surface area (Å²) >= 11 is 0. The van der Waals surface area contributed by atoms with Crippen LogP contribution in [0.15, 0.2) is 153 Å². The van der Waals surface area contributed by atoms with Gasteiger partial charge >= 0.3 is 0 Å². The number of hydrogen-bond acceptors (Lipinski definition) is 19. The molecule has 0 bridgehead atoms. The third-order valence-electron chi connectivity index (χ3n) is 7.52. The lowest BCUT2D eigenvalue weighted by Crippen LogP contribution is -2.37. The first-order chi connectivity index (χ1) is 35.9. The summed E-state index contributed by atoms with van der Waals surface area (Å²) in [6.07, 6.45) is 9.43. The summed E-state index contributed by atoms with van der Waals surface area (Å²) in [5.74, 6) is 4.38. The van der Waals surface area contributed by atoms with Crippen molar-refractivity contribution in [2.75, 3.05) is 31.7 Å². The van der Waals surface area contributed by atoms with Crippen LogP contribution in [0.5, 0.6) is 34.5 Å². The molecule has 2 unspecified atom stereocenters. The number of carbonyl (C=O) groups is 2. The van der Waals surface area contributed by atoms with Crippen LogP contribution in [-0.4, -0.2) is 90.5 Å². The quantitative estimate of drug-likeness (QED) is 0.0732. The van der Waals surface area contributed by atoms with Gasteiger partial charge in [-0.3, -0.25) is 9.59 Å². The normalized spacial score (nSPS) is 12.0. The van der Waals surface area contributed by atoms with Crippen LogP contribution in [0.2, 0.25) is 0 Å². The minimum atomic E-state index is -1.16. The Kier molecular flexibility index (Phi) is 41.4. The average Bonchev–Trinajstić information content (AvgIpc) is 3.48. The van der Waals surface area contributed by atoms with Crippen molar-refractivity contribution in [3.63, 3.8) is 0 Å². The minimum absolute atomic E-state index is 0.194. The molecule has 0 saturated carbocycles. The van der Waals surface area contributed by atoms with Crippen LogP contribution >= 0.6 is 0 Å². The van der Waals surface area contributed by atoms with Crippen molar-refractivity contribution in [1.29, 1.82) is 0 Å². The number of pyridine rings is 3. The number of ether oxygens (including phenoxy) is 5. The maximum absolute atomic E-state index is 8.81. The number of hydrogen-bond donors (Lipinski definition) is 5. The first-order valence-corrected chi connectivity index (χ1v) is 23.7. The summed E-state index contributed by atoms with van der Waals surface area (Å²) in [6.45, 7) is 20.7. The zero-order valence-corrected chi connectivity index (χ0v) is 43.8. The number of nitrogen functional groups attached to an aromatic ring is 2. The SMILES string of the molecule is CC.CC.CC.CC.CC.CN.Nc1nccc(Oc2ccccc2)c1N.O=CC=O.OC1OCCOC1O.c1ccc(Oc2ccnc3nccnc23)cc1.c1ccc(Oc2ccnc3nccnc23)cc1. The van der Waals surface area contributed by atoms with E-state index in [1.165, 1.54) is 7.05 Å². The van der Waals surface area contributed by atoms with E-state index in [2.05, 4.69) is 50.1 Å². The zero-order valence-electron chi connectivity index (χ0n) is 43.8. The van der Waals surface area contributed by atoms with E-state index in [1.54, 1.807) is 61.6 Å². The molecule has 1 fully saturated rings. The Bertz CT molecular complexity index is 2410. The van der Waals surface area contributed by atoms with Crippen molar-refractivity contribution >= 4 is 46.4 Å². The van der Waals surface area contributed by atoms with E-state index in [-0.39, 0.29) is 18.4 Å². The Morgan fingerprint density at radius 3 is 1.05 bits per heavy atom. The van der Waals surface area contributed by atoms with Crippen molar-refractivity contribution in [3.05, 3.63) is 153 Å². The number of anilines is 2. The predicted molar refractivity (Wildman–Crippen MR) is 290 cm³/mol. The molecule has 1 aliphatic heterocycles. The van der Waals surface area contributed by atoms with Gasteiger partial charge in [0.15, 0.2) is 52.1 Å². The fourth-order valence-electron chi connectivity index (χ4n) is 4.78. The van der Waals surface area contributed by atoms with Crippen LogP contribution in [0.1, 0.15) is 69.2 Å². The van der Waals surface area contributed by atoms with E-state index in [0.717, 1.165) is 17.2 Å². The lowest BCUT2D eigenvalue weighted by molar-refractivity contribution is -0.291. The molecular weight excluding hydrogens is 933 g/mol. The maximum Gasteiger partial charge on any atom is 0.206 e. The molecule has 5 aromatic heterocycles. The predicted octanol–water partition coefficient (Wildman–Crippen LogP) is 10.4. The van der Waals surface area contributed by atoms with E-state index >= 15 is 0 Å². The van der Waals surface area contributed by atoms with Gasteiger partial charge in [-0.05, 0) is 43.4 Å². The van der Waals surface area contributed by atoms with Crippen molar-refractivity contribution in [2.45, 2.75) is 81.8 Å². The largest absolute Gasteiger partial charge is 0.455 e. The Labute approximate surface area is 429 Å². The molecule has 9 rings (SSSR count). The van der Waals surface area contributed by atoms with Crippen LogP contribution in [0, 0.1) is 0 Å². The number of nitrogens with two attached hydrogens (primary N) is 3. The third-order valence-corrected chi connectivity index (χ3v) is 7.52. The van der Waals surface area contributed by atoms with Gasteiger partial charge in [0, 0.05) is 61.6 Å². The van der Waals surface area contributed by atoms with Crippen molar-refractivity contribution in [3.8, 4) is 34.5 Å². The van der Waals surface area contributed by atoms with Gasteiger partial charge in [-0.2, -0.15) is 0 Å². The van der Waals surface area contributed by atoms with E-state index in [9.17, 15) is 0 Å². The van der Waals surface area contributed by atoms with E-state index in [0.29, 0.717) is 58.5 Å². The molecule has 8 N–H and O–H groups in total. The Morgan fingerprint density at radius 1 is 0.438 bits per heavy atom. The number of fused-ring (bicyclic) bond motifs is 2. The molecule has 0 spiro atoms. The highest BCUT2D eigenvalue weighted by atomic mass is 16.7. The zero-order chi connectivity index (χ0) is 55.1. The van der Waals surface area contributed by atoms with Crippen molar-refractivity contribution in [2.24, 2.45) is 5.73 Å². The van der Waals surface area contributed by atoms with Gasteiger partial charge in [-0.15, -0.1) is 0 Å². The second-order valence-electron chi connectivity index (χ2n) is 11.7. The number of aliphatic hydroxyl groups is 2. The second-order valence-corrected chi connectivity index (χ2v) is 11.7. The third kappa shape index (κ3) is 26.6. The Hall–Kier alpha value is -8.07. The topological polar surface area (TPSA) is 289 Å². The Morgan fingerprint density at radius 2 is 0.726 bits per heavy atom. The molecule has 1 aliphatic rings. The number of nitrogens with zero attached hydrogens (tertiary/aromatic N) is 7. The number of carbonyl (C=O) groups excluding carboxylic acids is 2. The summed E-state index contributed by atoms with van der Waals surface area (Å²) in [4.78, 5) is 46.4. The molecule has 0 amide bonds. The first-order valence-electron chi connectivity index (χ1n) is 23.7. The van der Waals surface area contributed by atoms with Gasteiger partial charge in [0.05, 0.1) is 13.2 Å². The van der Waals surface area contributed by atoms with Crippen LogP contribution in [0.3, 0.4) is 0 Å². The number of para-hydroxylation sites is 3. The van der Waals surface area contributed by atoms with Gasteiger partial charge in [-0.1, -0.05) is 124 Å². The molecular formula is C54H74N10O9. The molecule has 73 heavy (non-hydrogen) atoms. The van der Waals surface area contributed by atoms with Crippen molar-refractivity contribution in [1.82, 2.24) is 34.9 Å². The van der Waals surface area contributed by atoms with Gasteiger partial charge in [0.1, 0.15) is 28.8 Å². The second kappa shape index (κ2) is 45.1. The minimum Gasteiger partial charge on any atom is -0.455 e. The fraction of sp³-hybridized carbons (Fsp3) is 0.278. The average molecular weight is 1010 g/mol. The highest BCUT2D eigenvalue weighted by Crippen LogP contribution is 2.30. The molecule has 8 aromatic rings. The summed E-state index contributed by atoms with van der Waals surface area (Å²) in [6, 6.07) is 33.7. The number of aldehydes is 2. The van der Waals surface area contributed by atoms with Crippen molar-refractivity contribution < 1.29 is 43.5 Å². The lowest BCUT2D eigenvalue weighted by atomic mass is 10.3. The molecule has 0 radical (unpaired) electrons. The summed E-state index contributed by atoms with van der Waals surface area (Å²) < 4.78 is 26.2. The molecule has 3 aromatic carbocycles. The monoisotopic (exact) mass is 1010 g/mol. The highest BCUT2D eigenvalue weighted by molar-refractivity contribution is 6.09. The summed E-state index contributed by atoms with van der Waals surface area (Å²) in [7, 11) is 1.50. The van der Waals surface area contributed by atoms with E-state index < -0.39 is 12.6 Å². The summed E-state index contributed by atoms with van der Waals surface area (Å²) in [5.41, 5.74) is 18.6. The smallest absolute Gasteiger partial charge is 0.206 e. The molecule has 19 heteroatoms. The maximum atomic E-state index is 8.81. The van der Waals surface area contributed by atoms with E-state index in [4.69, 9.17) is 45.5 Å². The standard InChI is InChI=1S/2C13H9N3O.C11H11N3O.C4H8O4.C2H2O2.5C2H6.CH5N/c2*1-2-4-10(5-3-1)17-11-6-7-15-13-12(11)14-8-9-16-13;12-10-9(6-7-14-11(10)13)15-8-4-2-1-3-5-8;5-3-4(6)8-2-1-7-3;3-1-2-4;6*1-2/h2*1-9H;1-7H,12H2,(H2,13,14);3-6H,1-2H2;1-2H;5*1-2H3;2H2,1H3. The number of rotatable bonds is 7. The highest BCUT2D eigenvalue weighted by Gasteiger charge is 2.21. The van der Waals surface area contributed by atoms with E-state index in [1.807, 2.05) is 160 Å². The molecule has 19 nitrogen and oxygen atoms in total. The molecule has 2 atom stereocenters. The van der Waals surface area contributed by atoms with Gasteiger partial charge in [-0.25, -0.2) is 34.9 Å². The van der Waals surface area contributed by atoms with Crippen LogP contribution in [-0.2, 0) is 19.1 Å². The van der Waals surface area contributed by atoms with Crippen LogP contribution in [0.25, 0.3) is 22.3 Å². The van der Waals surface area contributed by atoms with Gasteiger partial charge < -0.3 is 51.1 Å². The van der Waals surface area contributed by atoms with Crippen LogP contribution < -0.4 is 31.4 Å². The van der Waals surface area contributed by atoms with Gasteiger partial charge in [0.25, 0.3) is 0 Å². The first kappa shape index (κ1) is 67.0. The fourth-order valence-corrected chi connectivity index (χ4v) is 4.78. The molecule has 394 valence electrons. The lowest BCUT2D eigenvalue weighted by Gasteiger charge is -2.23. The Balaban J connectivity index is 0. The number of aliphatic hydroxyl groups excluding tert-OH is 2. The summed E-state index contributed by atoms with van der Waals surface area (Å²) in [5, 5.41) is 17.2. The van der Waals surface area contributed by atoms with Gasteiger partial charge in [0.2, 0.25) is 12.6 Å². The molecule has 6 heterocycles.